The maximum absolute atomic E-state index is 14.0. The second-order valence-corrected chi connectivity index (χ2v) is 7.93. The topological polar surface area (TPSA) is 80.3 Å². The molecule has 5 aromatic rings. The van der Waals surface area contributed by atoms with E-state index < -0.39 is 11.7 Å². The van der Waals surface area contributed by atoms with Crippen LogP contribution in [0.5, 0.6) is 0 Å². The summed E-state index contributed by atoms with van der Waals surface area (Å²) in [6.45, 7) is 0. The van der Waals surface area contributed by atoms with Crippen LogP contribution >= 0.6 is 12.2 Å². The SMILES string of the molecule is O=C(/C=C/c1ccc(-c2ccccc2)o1)NC(=S)Nc1ccc2oc(-c3ccccc3F)nc2c1. The van der Waals surface area contributed by atoms with Crippen molar-refractivity contribution in [1.29, 1.82) is 0 Å². The normalized spacial score (nSPS) is 11.1. The zero-order valence-corrected chi connectivity index (χ0v) is 19.0. The molecule has 0 unspecified atom stereocenters. The van der Waals surface area contributed by atoms with Gasteiger partial charge in [0.05, 0.1) is 5.56 Å². The lowest BCUT2D eigenvalue weighted by Crippen LogP contribution is -2.32. The number of halogens is 1. The molecule has 1 amide bonds. The highest BCUT2D eigenvalue weighted by atomic mass is 32.1. The van der Waals surface area contributed by atoms with Gasteiger partial charge in [-0.3, -0.25) is 10.1 Å². The molecular weight excluding hydrogens is 465 g/mol. The maximum atomic E-state index is 14.0. The van der Waals surface area contributed by atoms with Gasteiger partial charge in [-0.05, 0) is 60.8 Å². The van der Waals surface area contributed by atoms with Gasteiger partial charge in [0.15, 0.2) is 10.7 Å². The number of oxazole rings is 1. The highest BCUT2D eigenvalue weighted by Gasteiger charge is 2.13. The number of hydrogen-bond donors (Lipinski definition) is 2. The predicted molar refractivity (Wildman–Crippen MR) is 137 cm³/mol. The Bertz CT molecular complexity index is 1560. The summed E-state index contributed by atoms with van der Waals surface area (Å²) >= 11 is 5.24. The van der Waals surface area contributed by atoms with E-state index in [2.05, 4.69) is 15.6 Å². The van der Waals surface area contributed by atoms with Crippen molar-refractivity contribution in [1.82, 2.24) is 10.3 Å². The molecule has 0 fully saturated rings. The lowest BCUT2D eigenvalue weighted by Gasteiger charge is -2.07. The molecule has 0 spiro atoms. The number of carbonyl (C=O) groups is 1. The summed E-state index contributed by atoms with van der Waals surface area (Å²) in [5.41, 5.74) is 2.85. The molecule has 0 aliphatic carbocycles. The molecule has 2 N–H and O–H groups in total. The number of amides is 1. The minimum atomic E-state index is -0.416. The summed E-state index contributed by atoms with van der Waals surface area (Å²) in [6, 6.07) is 24.7. The Morgan fingerprint density at radius 2 is 1.74 bits per heavy atom. The first kappa shape index (κ1) is 22.2. The van der Waals surface area contributed by atoms with E-state index in [9.17, 15) is 9.18 Å². The van der Waals surface area contributed by atoms with Crippen LogP contribution in [0.25, 0.3) is 40.0 Å². The minimum Gasteiger partial charge on any atom is -0.457 e. The number of fused-ring (bicyclic) bond motifs is 1. The number of carbonyl (C=O) groups excluding carboxylic acids is 1. The van der Waals surface area contributed by atoms with Crippen molar-refractivity contribution in [2.24, 2.45) is 0 Å². The van der Waals surface area contributed by atoms with E-state index in [0.717, 1.165) is 5.56 Å². The summed E-state index contributed by atoms with van der Waals surface area (Å²) in [6.07, 6.45) is 2.90. The molecule has 8 heteroatoms. The standard InChI is InChI=1S/C27H18FN3O3S/c28-21-9-5-4-8-20(21)26-30-22-16-18(10-13-24(22)34-26)29-27(35)31-25(32)15-12-19-11-14-23(33-19)17-6-2-1-3-7-17/h1-16H,(H2,29,31,32,35)/b15-12+. The lowest BCUT2D eigenvalue weighted by atomic mass is 10.2. The zero-order chi connectivity index (χ0) is 24.2. The Morgan fingerprint density at radius 3 is 2.57 bits per heavy atom. The number of aromatic nitrogens is 1. The first-order valence-electron chi connectivity index (χ1n) is 10.7. The van der Waals surface area contributed by atoms with Gasteiger partial charge in [-0.15, -0.1) is 0 Å². The van der Waals surface area contributed by atoms with Crippen molar-refractivity contribution in [3.8, 4) is 22.8 Å². The fourth-order valence-electron chi connectivity index (χ4n) is 3.43. The molecular formula is C27H18FN3O3S. The van der Waals surface area contributed by atoms with Crippen LogP contribution in [0.1, 0.15) is 5.76 Å². The molecule has 172 valence electrons. The molecule has 0 aliphatic rings. The molecule has 2 aromatic heterocycles. The molecule has 35 heavy (non-hydrogen) atoms. The smallest absolute Gasteiger partial charge is 0.250 e. The van der Waals surface area contributed by atoms with E-state index in [1.807, 2.05) is 36.4 Å². The molecule has 0 saturated carbocycles. The van der Waals surface area contributed by atoms with Gasteiger partial charge >= 0.3 is 0 Å². The highest BCUT2D eigenvalue weighted by Crippen LogP contribution is 2.28. The summed E-state index contributed by atoms with van der Waals surface area (Å²) in [7, 11) is 0. The average Bonchev–Trinajstić information content (AvgIpc) is 3.50. The van der Waals surface area contributed by atoms with E-state index in [-0.39, 0.29) is 16.6 Å². The average molecular weight is 484 g/mol. The molecule has 0 saturated heterocycles. The Morgan fingerprint density at radius 1 is 0.943 bits per heavy atom. The van der Waals surface area contributed by atoms with Crippen molar-refractivity contribution >= 4 is 46.1 Å². The number of benzene rings is 3. The quantitative estimate of drug-likeness (QED) is 0.222. The van der Waals surface area contributed by atoms with Crippen LogP contribution in [-0.4, -0.2) is 16.0 Å². The number of thiocarbonyl (C=S) groups is 1. The van der Waals surface area contributed by atoms with E-state index in [4.69, 9.17) is 21.1 Å². The monoisotopic (exact) mass is 483 g/mol. The number of hydrogen-bond acceptors (Lipinski definition) is 5. The van der Waals surface area contributed by atoms with Gasteiger partial charge in [0.1, 0.15) is 22.9 Å². The van der Waals surface area contributed by atoms with Gasteiger partial charge < -0.3 is 14.2 Å². The lowest BCUT2D eigenvalue weighted by molar-refractivity contribution is -0.115. The van der Waals surface area contributed by atoms with Gasteiger partial charge in [-0.2, -0.15) is 0 Å². The van der Waals surface area contributed by atoms with Crippen LogP contribution in [0.2, 0.25) is 0 Å². The van der Waals surface area contributed by atoms with Crippen LogP contribution in [-0.2, 0) is 4.79 Å². The maximum Gasteiger partial charge on any atom is 0.250 e. The number of nitrogens with zero attached hydrogens (tertiary/aromatic N) is 1. The van der Waals surface area contributed by atoms with Crippen LogP contribution < -0.4 is 10.6 Å². The predicted octanol–water partition coefficient (Wildman–Crippen LogP) is 6.42. The first-order valence-corrected chi connectivity index (χ1v) is 11.1. The van der Waals surface area contributed by atoms with Crippen molar-refractivity contribution < 1.29 is 18.0 Å². The Balaban J connectivity index is 1.21. The van der Waals surface area contributed by atoms with E-state index in [1.165, 1.54) is 12.1 Å². The molecule has 6 nitrogen and oxygen atoms in total. The van der Waals surface area contributed by atoms with Crippen LogP contribution in [0.4, 0.5) is 10.1 Å². The number of nitrogens with one attached hydrogen (secondary N) is 2. The minimum absolute atomic E-state index is 0.112. The second-order valence-electron chi connectivity index (χ2n) is 7.53. The number of rotatable bonds is 5. The first-order chi connectivity index (χ1) is 17.0. The number of furan rings is 1. The molecule has 3 aromatic carbocycles. The van der Waals surface area contributed by atoms with Gasteiger partial charge in [0.2, 0.25) is 11.8 Å². The molecule has 2 heterocycles. The van der Waals surface area contributed by atoms with Gasteiger partial charge in [-0.1, -0.05) is 42.5 Å². The van der Waals surface area contributed by atoms with Crippen molar-refractivity contribution in [3.05, 3.63) is 103 Å². The third kappa shape index (κ3) is 5.18. The molecule has 5 rings (SSSR count). The molecule has 0 bridgehead atoms. The van der Waals surface area contributed by atoms with Gasteiger partial charge in [0, 0.05) is 17.3 Å². The molecule has 0 aliphatic heterocycles. The zero-order valence-electron chi connectivity index (χ0n) is 18.2. The largest absolute Gasteiger partial charge is 0.457 e. The van der Waals surface area contributed by atoms with E-state index in [0.29, 0.717) is 28.3 Å². The van der Waals surface area contributed by atoms with E-state index in [1.54, 1.807) is 48.5 Å². The van der Waals surface area contributed by atoms with Crippen molar-refractivity contribution in [3.63, 3.8) is 0 Å². The van der Waals surface area contributed by atoms with Crippen LogP contribution in [0, 0.1) is 5.82 Å². The summed E-state index contributed by atoms with van der Waals surface area (Å²) in [5, 5.41) is 5.63. The highest BCUT2D eigenvalue weighted by molar-refractivity contribution is 7.80. The summed E-state index contributed by atoms with van der Waals surface area (Å²) < 4.78 is 25.5. The van der Waals surface area contributed by atoms with Crippen LogP contribution in [0.15, 0.2) is 99.8 Å². The Hall–Kier alpha value is -4.56. The second kappa shape index (κ2) is 9.74. The van der Waals surface area contributed by atoms with Crippen molar-refractivity contribution in [2.75, 3.05) is 5.32 Å². The number of anilines is 1. The fourth-order valence-corrected chi connectivity index (χ4v) is 3.65. The van der Waals surface area contributed by atoms with Gasteiger partial charge in [0.25, 0.3) is 0 Å². The van der Waals surface area contributed by atoms with Crippen LogP contribution in [0.3, 0.4) is 0 Å². The van der Waals surface area contributed by atoms with Crippen molar-refractivity contribution in [2.45, 2.75) is 0 Å². The summed E-state index contributed by atoms with van der Waals surface area (Å²) in [4.78, 5) is 16.6. The third-order valence-electron chi connectivity index (χ3n) is 5.07. The fraction of sp³-hybridized carbons (Fsp3) is 0. The third-order valence-corrected chi connectivity index (χ3v) is 5.27. The summed E-state index contributed by atoms with van der Waals surface area (Å²) in [5.74, 6) is 0.610. The molecule has 0 atom stereocenters. The Kier molecular flexibility index (Phi) is 6.19. The molecule has 0 radical (unpaired) electrons. The van der Waals surface area contributed by atoms with E-state index >= 15 is 0 Å². The van der Waals surface area contributed by atoms with Gasteiger partial charge in [-0.25, -0.2) is 9.37 Å². The Labute approximate surface area is 205 Å².